The van der Waals surface area contributed by atoms with Gasteiger partial charge in [0.05, 0.1) is 23.3 Å². The summed E-state index contributed by atoms with van der Waals surface area (Å²) in [7, 11) is 0. The van der Waals surface area contributed by atoms with Crippen LogP contribution in [0.4, 0.5) is 23.2 Å². The van der Waals surface area contributed by atoms with Gasteiger partial charge in [0.25, 0.3) is 0 Å². The van der Waals surface area contributed by atoms with Crippen molar-refractivity contribution >= 4 is 23.1 Å². The second kappa shape index (κ2) is 9.32. The largest absolute Gasteiger partial charge is 0.434 e. The van der Waals surface area contributed by atoms with E-state index in [2.05, 4.69) is 20.9 Å². The molecule has 0 atom stereocenters. The van der Waals surface area contributed by atoms with E-state index in [9.17, 15) is 17.6 Å². The highest BCUT2D eigenvalue weighted by Gasteiger charge is 2.35. The highest BCUT2D eigenvalue weighted by Crippen LogP contribution is 2.37. The molecule has 2 N–H and O–H groups in total. The van der Waals surface area contributed by atoms with Gasteiger partial charge >= 0.3 is 6.18 Å². The number of imidazole rings is 1. The van der Waals surface area contributed by atoms with Crippen LogP contribution in [0.1, 0.15) is 17.2 Å². The van der Waals surface area contributed by atoms with Gasteiger partial charge in [0, 0.05) is 17.3 Å². The van der Waals surface area contributed by atoms with E-state index >= 15 is 0 Å². The molecule has 1 aliphatic heterocycles. The molecule has 36 heavy (non-hydrogen) atoms. The molecular weight excluding hydrogens is 492 g/mol. The first-order valence-electron chi connectivity index (χ1n) is 10.8. The SMILES string of the molecule is CSc1cccc(-c2ccc(-n3cc(C(F)(F)F)nc3C)c(N3NNC=C3c3ccc(F)cn3)c2)c1. The number of aryl methyl sites for hydroxylation is 1. The minimum absolute atomic E-state index is 0.179. The average molecular weight is 513 g/mol. The number of hydrogen-bond acceptors (Lipinski definition) is 6. The Kier molecular flexibility index (Phi) is 6.19. The molecule has 0 saturated carbocycles. The molecule has 0 fully saturated rings. The predicted molar refractivity (Wildman–Crippen MR) is 131 cm³/mol. The Balaban J connectivity index is 1.67. The lowest BCUT2D eigenvalue weighted by molar-refractivity contribution is -0.141. The zero-order valence-electron chi connectivity index (χ0n) is 19.1. The fraction of sp³-hybridized carbons (Fsp3) is 0.120. The molecule has 184 valence electrons. The van der Waals surface area contributed by atoms with Crippen LogP contribution in [0.3, 0.4) is 0 Å². The lowest BCUT2D eigenvalue weighted by Crippen LogP contribution is -2.37. The van der Waals surface area contributed by atoms with Crippen molar-refractivity contribution < 1.29 is 17.6 Å². The number of pyridine rings is 1. The number of nitrogens with zero attached hydrogens (tertiary/aromatic N) is 4. The normalized spacial score (nSPS) is 13.6. The maximum absolute atomic E-state index is 13.5. The molecule has 3 heterocycles. The Morgan fingerprint density at radius 2 is 1.78 bits per heavy atom. The molecular formula is C25H20F4N6S. The van der Waals surface area contributed by atoms with Gasteiger partial charge in [0.2, 0.25) is 0 Å². The molecule has 2 aromatic carbocycles. The molecule has 11 heteroatoms. The quantitative estimate of drug-likeness (QED) is 0.255. The van der Waals surface area contributed by atoms with Crippen molar-refractivity contribution in [2.45, 2.75) is 18.0 Å². The number of aromatic nitrogens is 3. The monoisotopic (exact) mass is 512 g/mol. The van der Waals surface area contributed by atoms with Gasteiger partial charge < -0.3 is 9.99 Å². The molecule has 0 unspecified atom stereocenters. The minimum atomic E-state index is -4.58. The summed E-state index contributed by atoms with van der Waals surface area (Å²) in [6.45, 7) is 1.52. The van der Waals surface area contributed by atoms with Gasteiger partial charge in [-0.3, -0.25) is 9.99 Å². The number of thioether (sulfide) groups is 1. The second-order valence-electron chi connectivity index (χ2n) is 7.96. The first-order chi connectivity index (χ1) is 17.2. The van der Waals surface area contributed by atoms with Crippen LogP contribution in [0, 0.1) is 12.7 Å². The van der Waals surface area contributed by atoms with Crippen molar-refractivity contribution in [2.75, 3.05) is 11.3 Å². The first-order valence-corrected chi connectivity index (χ1v) is 12.0. The Bertz CT molecular complexity index is 1450. The topological polar surface area (TPSA) is 58.0 Å². The summed E-state index contributed by atoms with van der Waals surface area (Å²) in [5.74, 6) is -0.298. The van der Waals surface area contributed by atoms with Gasteiger partial charge in [-0.2, -0.15) is 13.2 Å². The summed E-state index contributed by atoms with van der Waals surface area (Å²) in [6, 6.07) is 16.3. The Morgan fingerprint density at radius 3 is 2.47 bits per heavy atom. The number of alkyl halides is 3. The maximum atomic E-state index is 13.5. The fourth-order valence-electron chi connectivity index (χ4n) is 3.94. The van der Waals surface area contributed by atoms with Gasteiger partial charge in [-0.15, -0.1) is 17.3 Å². The van der Waals surface area contributed by atoms with Crippen molar-refractivity contribution in [1.29, 1.82) is 0 Å². The predicted octanol–water partition coefficient (Wildman–Crippen LogP) is 5.95. The average Bonchev–Trinajstić information content (AvgIpc) is 3.51. The molecule has 4 aromatic rings. The molecule has 0 radical (unpaired) electrons. The van der Waals surface area contributed by atoms with Crippen LogP contribution in [0.15, 0.2) is 78.1 Å². The van der Waals surface area contributed by atoms with E-state index in [-0.39, 0.29) is 5.82 Å². The highest BCUT2D eigenvalue weighted by atomic mass is 32.2. The summed E-state index contributed by atoms with van der Waals surface area (Å²) < 4.78 is 55.1. The number of halogens is 4. The third-order valence-corrected chi connectivity index (χ3v) is 6.39. The van der Waals surface area contributed by atoms with E-state index in [0.29, 0.717) is 22.8 Å². The summed E-state index contributed by atoms with van der Waals surface area (Å²) in [5, 5.41) is 1.66. The van der Waals surface area contributed by atoms with E-state index in [1.54, 1.807) is 29.0 Å². The standard InChI is InChI=1S/C25H20F4N6S/c1-15-32-24(25(27,28)29)14-34(15)21-9-6-17(16-4-3-5-19(10-16)36-2)11-22(21)35-23(13-31-33-35)20-8-7-18(26)12-30-20/h3-14,31,33H,1-2H3. The molecule has 0 bridgehead atoms. The molecule has 1 aliphatic rings. The molecule has 5 rings (SSSR count). The van der Waals surface area contributed by atoms with E-state index in [0.717, 1.165) is 28.4 Å². The van der Waals surface area contributed by atoms with Gasteiger partial charge in [0.15, 0.2) is 5.69 Å². The van der Waals surface area contributed by atoms with Crippen LogP contribution in [0.25, 0.3) is 22.5 Å². The number of rotatable bonds is 5. The van der Waals surface area contributed by atoms with E-state index < -0.39 is 17.7 Å². The number of anilines is 1. The van der Waals surface area contributed by atoms with Crippen LogP contribution < -0.4 is 16.0 Å². The van der Waals surface area contributed by atoms with Crippen molar-refractivity contribution in [2.24, 2.45) is 0 Å². The van der Waals surface area contributed by atoms with Gasteiger partial charge in [-0.25, -0.2) is 9.37 Å². The van der Waals surface area contributed by atoms with Crippen molar-refractivity contribution in [1.82, 2.24) is 25.5 Å². The van der Waals surface area contributed by atoms with Crippen LogP contribution in [0.2, 0.25) is 0 Å². The molecule has 0 aliphatic carbocycles. The summed E-state index contributed by atoms with van der Waals surface area (Å²) in [6.07, 6.45) is 1.14. The fourth-order valence-corrected chi connectivity index (χ4v) is 4.40. The Morgan fingerprint density at radius 1 is 0.972 bits per heavy atom. The Hall–Kier alpha value is -3.83. The summed E-state index contributed by atoms with van der Waals surface area (Å²) in [5.41, 5.74) is 8.76. The minimum Gasteiger partial charge on any atom is -0.309 e. The van der Waals surface area contributed by atoms with Gasteiger partial charge in [-0.1, -0.05) is 18.2 Å². The van der Waals surface area contributed by atoms with E-state index in [1.807, 2.05) is 42.7 Å². The molecule has 0 spiro atoms. The lowest BCUT2D eigenvalue weighted by Gasteiger charge is -2.25. The van der Waals surface area contributed by atoms with Crippen LogP contribution >= 0.6 is 11.8 Å². The third-order valence-electron chi connectivity index (χ3n) is 5.67. The first kappa shape index (κ1) is 23.9. The summed E-state index contributed by atoms with van der Waals surface area (Å²) in [4.78, 5) is 8.97. The zero-order valence-corrected chi connectivity index (χ0v) is 20.0. The van der Waals surface area contributed by atoms with Crippen LogP contribution in [-0.4, -0.2) is 20.8 Å². The third kappa shape index (κ3) is 4.54. The molecule has 0 saturated heterocycles. The number of nitrogens with one attached hydrogen (secondary N) is 2. The van der Waals surface area contributed by atoms with Gasteiger partial charge in [0.1, 0.15) is 17.3 Å². The zero-order chi connectivity index (χ0) is 25.4. The van der Waals surface area contributed by atoms with Gasteiger partial charge in [-0.05, 0) is 60.7 Å². The number of hydrogen-bond donors (Lipinski definition) is 2. The van der Waals surface area contributed by atoms with E-state index in [4.69, 9.17) is 0 Å². The maximum Gasteiger partial charge on any atom is 0.434 e. The molecule has 6 nitrogen and oxygen atoms in total. The highest BCUT2D eigenvalue weighted by molar-refractivity contribution is 7.98. The second-order valence-corrected chi connectivity index (χ2v) is 8.84. The Labute approximate surface area is 208 Å². The van der Waals surface area contributed by atoms with Crippen molar-refractivity contribution in [3.63, 3.8) is 0 Å². The van der Waals surface area contributed by atoms with Crippen molar-refractivity contribution in [3.8, 4) is 16.8 Å². The smallest absolute Gasteiger partial charge is 0.309 e. The molecule has 0 amide bonds. The molecule has 2 aromatic heterocycles. The van der Waals surface area contributed by atoms with Crippen LogP contribution in [0.5, 0.6) is 0 Å². The van der Waals surface area contributed by atoms with E-state index in [1.165, 1.54) is 23.6 Å². The lowest BCUT2D eigenvalue weighted by atomic mass is 10.0. The van der Waals surface area contributed by atoms with Crippen LogP contribution in [-0.2, 0) is 6.18 Å². The summed E-state index contributed by atoms with van der Waals surface area (Å²) >= 11 is 1.61. The number of hydrazine groups is 2. The number of benzene rings is 2. The van der Waals surface area contributed by atoms with Crippen molar-refractivity contribution in [3.05, 3.63) is 96.2 Å².